The van der Waals surface area contributed by atoms with Gasteiger partial charge in [0.25, 0.3) is 5.91 Å². The van der Waals surface area contributed by atoms with Gasteiger partial charge in [-0.3, -0.25) is 4.79 Å². The molecule has 0 N–H and O–H groups in total. The lowest BCUT2D eigenvalue weighted by molar-refractivity contribution is -0.143. The Bertz CT molecular complexity index is 1170. The van der Waals surface area contributed by atoms with E-state index in [0.29, 0.717) is 0 Å². The Labute approximate surface area is 163 Å². The summed E-state index contributed by atoms with van der Waals surface area (Å²) in [5.41, 5.74) is 4.80. The first kappa shape index (κ1) is 15.7. The molecule has 0 aliphatic carbocycles. The number of likely N-dealkylation sites (N-methyl/N-ethyl adjacent to an activating group) is 1. The Kier molecular flexibility index (Phi) is 2.98. The Morgan fingerprint density at radius 2 is 1.43 bits per heavy atom. The Balaban J connectivity index is 1.66. The van der Waals surface area contributed by atoms with Crippen molar-refractivity contribution in [3.63, 3.8) is 0 Å². The first-order valence-corrected chi connectivity index (χ1v) is 9.43. The topological polar surface area (TPSA) is 32.8 Å². The molecule has 0 unspecified atom stereocenters. The van der Waals surface area contributed by atoms with Crippen LogP contribution in [0.25, 0.3) is 6.08 Å². The third-order valence-corrected chi connectivity index (χ3v) is 5.98. The molecule has 3 heterocycles. The average molecular weight is 366 g/mol. The van der Waals surface area contributed by atoms with E-state index in [9.17, 15) is 4.79 Å². The van der Waals surface area contributed by atoms with E-state index in [0.717, 1.165) is 33.8 Å². The highest BCUT2D eigenvalue weighted by atomic mass is 16.5. The summed E-state index contributed by atoms with van der Waals surface area (Å²) in [4.78, 5) is 17.5. The molecule has 4 heteroatoms. The maximum absolute atomic E-state index is 13.6. The molecule has 0 aromatic heterocycles. The number of para-hydroxylation sites is 3. The highest BCUT2D eigenvalue weighted by Gasteiger charge is 2.57. The number of rotatable bonds is 0. The SMILES string of the molecule is CN1C(=O)[C@]2(O[C@@H]3C=Cc4ccccc4N3c3ccccc32)c2ccccc21. The van der Waals surface area contributed by atoms with Gasteiger partial charge in [-0.2, -0.15) is 0 Å². The van der Waals surface area contributed by atoms with Gasteiger partial charge >= 0.3 is 0 Å². The molecule has 1 spiro atoms. The summed E-state index contributed by atoms with van der Waals surface area (Å²) < 4.78 is 6.68. The van der Waals surface area contributed by atoms with Crippen LogP contribution in [0.2, 0.25) is 0 Å². The van der Waals surface area contributed by atoms with E-state index >= 15 is 0 Å². The number of ether oxygens (including phenoxy) is 1. The van der Waals surface area contributed by atoms with E-state index in [-0.39, 0.29) is 12.1 Å². The third-order valence-electron chi connectivity index (χ3n) is 5.98. The van der Waals surface area contributed by atoms with Crippen molar-refractivity contribution >= 4 is 29.0 Å². The first-order valence-electron chi connectivity index (χ1n) is 9.43. The summed E-state index contributed by atoms with van der Waals surface area (Å²) in [5.74, 6) is -0.0481. The minimum absolute atomic E-state index is 0.0481. The van der Waals surface area contributed by atoms with Crippen LogP contribution in [-0.2, 0) is 15.1 Å². The highest BCUT2D eigenvalue weighted by Crippen LogP contribution is 2.55. The number of fused-ring (bicyclic) bond motifs is 8. The van der Waals surface area contributed by atoms with Gasteiger partial charge in [-0.05, 0) is 29.8 Å². The van der Waals surface area contributed by atoms with Gasteiger partial charge < -0.3 is 14.5 Å². The van der Waals surface area contributed by atoms with Gasteiger partial charge in [-0.1, -0.05) is 60.7 Å². The van der Waals surface area contributed by atoms with Crippen molar-refractivity contribution in [2.45, 2.75) is 11.8 Å². The van der Waals surface area contributed by atoms with Crippen molar-refractivity contribution in [3.05, 3.63) is 95.6 Å². The van der Waals surface area contributed by atoms with Gasteiger partial charge in [0.2, 0.25) is 5.60 Å². The van der Waals surface area contributed by atoms with Crippen molar-refractivity contribution in [3.8, 4) is 0 Å². The molecule has 0 fully saturated rings. The summed E-state index contributed by atoms with van der Waals surface area (Å²) in [6.45, 7) is 0. The van der Waals surface area contributed by atoms with Gasteiger partial charge in [0.05, 0.1) is 17.1 Å². The monoisotopic (exact) mass is 366 g/mol. The average Bonchev–Trinajstić information content (AvgIpc) is 2.96. The van der Waals surface area contributed by atoms with Gasteiger partial charge in [-0.15, -0.1) is 0 Å². The van der Waals surface area contributed by atoms with Crippen LogP contribution in [0.15, 0.2) is 78.9 Å². The lowest BCUT2D eigenvalue weighted by atomic mass is 9.83. The fourth-order valence-corrected chi connectivity index (χ4v) is 4.74. The maximum atomic E-state index is 13.6. The van der Waals surface area contributed by atoms with E-state index in [1.807, 2.05) is 67.7 Å². The fraction of sp³-hybridized carbons (Fsp3) is 0.125. The molecule has 3 aliphatic rings. The van der Waals surface area contributed by atoms with Crippen molar-refractivity contribution in [2.75, 3.05) is 16.8 Å². The predicted molar refractivity (Wildman–Crippen MR) is 110 cm³/mol. The van der Waals surface area contributed by atoms with Crippen LogP contribution in [0.4, 0.5) is 17.1 Å². The molecule has 0 bridgehead atoms. The number of amides is 1. The second kappa shape index (κ2) is 5.33. The van der Waals surface area contributed by atoms with Gasteiger partial charge in [0, 0.05) is 18.2 Å². The standard InChI is InChI=1S/C24H18N2O2/c1-25-20-12-6-3-9-17(20)24(23(25)27)18-10-4-7-13-21(18)26-19-11-5-2-8-16(19)14-15-22(26)28-24/h2-15,22H,1H3/t22-,24+/m1/s1. The lowest BCUT2D eigenvalue weighted by Crippen LogP contribution is -2.52. The second-order valence-electron chi connectivity index (χ2n) is 7.38. The fourth-order valence-electron chi connectivity index (χ4n) is 4.74. The summed E-state index contributed by atoms with van der Waals surface area (Å²) in [6, 6.07) is 24.3. The zero-order valence-electron chi connectivity index (χ0n) is 15.4. The van der Waals surface area contributed by atoms with Crippen LogP contribution in [0, 0.1) is 0 Å². The number of carbonyl (C=O) groups is 1. The van der Waals surface area contributed by atoms with Gasteiger partial charge in [0.1, 0.15) is 0 Å². The van der Waals surface area contributed by atoms with Crippen LogP contribution in [0.3, 0.4) is 0 Å². The van der Waals surface area contributed by atoms with Crippen molar-refractivity contribution < 1.29 is 9.53 Å². The number of carbonyl (C=O) groups excluding carboxylic acids is 1. The van der Waals surface area contributed by atoms with Gasteiger partial charge in [-0.25, -0.2) is 0 Å². The third kappa shape index (κ3) is 1.76. The van der Waals surface area contributed by atoms with E-state index in [1.54, 1.807) is 4.90 Å². The van der Waals surface area contributed by atoms with E-state index in [4.69, 9.17) is 4.74 Å². The molecule has 6 rings (SSSR count). The Hall–Kier alpha value is -3.37. The van der Waals surface area contributed by atoms with Crippen LogP contribution in [0.1, 0.15) is 16.7 Å². The number of hydrogen-bond acceptors (Lipinski definition) is 3. The highest BCUT2D eigenvalue weighted by molar-refractivity contribution is 6.10. The molecule has 0 saturated heterocycles. The quantitative estimate of drug-likeness (QED) is 0.590. The molecular weight excluding hydrogens is 348 g/mol. The molecule has 4 nitrogen and oxygen atoms in total. The van der Waals surface area contributed by atoms with Crippen LogP contribution >= 0.6 is 0 Å². The largest absolute Gasteiger partial charge is 0.328 e. The molecular formula is C24H18N2O2. The second-order valence-corrected chi connectivity index (χ2v) is 7.38. The van der Waals surface area contributed by atoms with E-state index in [1.165, 1.54) is 0 Å². The molecule has 3 aromatic rings. The smallest absolute Gasteiger partial charge is 0.268 e. The van der Waals surface area contributed by atoms with Crippen molar-refractivity contribution in [2.24, 2.45) is 0 Å². The van der Waals surface area contributed by atoms with Crippen LogP contribution in [0.5, 0.6) is 0 Å². The molecule has 3 aromatic carbocycles. The Morgan fingerprint density at radius 3 is 2.21 bits per heavy atom. The molecule has 2 atom stereocenters. The minimum Gasteiger partial charge on any atom is -0.328 e. The van der Waals surface area contributed by atoms with E-state index < -0.39 is 5.60 Å². The Morgan fingerprint density at radius 1 is 0.821 bits per heavy atom. The normalized spacial score (nSPS) is 24.0. The molecule has 0 radical (unpaired) electrons. The number of anilines is 3. The van der Waals surface area contributed by atoms with Crippen molar-refractivity contribution in [1.29, 1.82) is 0 Å². The predicted octanol–water partition coefficient (Wildman–Crippen LogP) is 4.43. The summed E-state index contributed by atoms with van der Waals surface area (Å²) in [6.07, 6.45) is 3.76. The summed E-state index contributed by atoms with van der Waals surface area (Å²) in [7, 11) is 1.82. The zero-order valence-corrected chi connectivity index (χ0v) is 15.4. The minimum atomic E-state index is -1.13. The summed E-state index contributed by atoms with van der Waals surface area (Å²) in [5, 5.41) is 0. The van der Waals surface area contributed by atoms with Crippen LogP contribution < -0.4 is 9.80 Å². The molecule has 3 aliphatic heterocycles. The number of benzene rings is 3. The number of hydrogen-bond donors (Lipinski definition) is 0. The molecule has 136 valence electrons. The van der Waals surface area contributed by atoms with Gasteiger partial charge in [0.15, 0.2) is 6.23 Å². The van der Waals surface area contributed by atoms with E-state index in [2.05, 4.69) is 29.2 Å². The zero-order chi connectivity index (χ0) is 18.9. The maximum Gasteiger partial charge on any atom is 0.268 e. The number of nitrogens with zero attached hydrogens (tertiary/aromatic N) is 2. The molecule has 1 amide bonds. The van der Waals surface area contributed by atoms with Crippen LogP contribution in [-0.4, -0.2) is 19.2 Å². The lowest BCUT2D eigenvalue weighted by Gasteiger charge is -2.47. The summed E-state index contributed by atoms with van der Waals surface area (Å²) >= 11 is 0. The first-order chi connectivity index (χ1) is 13.7. The van der Waals surface area contributed by atoms with Crippen molar-refractivity contribution in [1.82, 2.24) is 0 Å². The molecule has 0 saturated carbocycles. The molecule has 28 heavy (non-hydrogen) atoms.